The van der Waals surface area contributed by atoms with Crippen molar-refractivity contribution >= 4 is 11.6 Å². The molecule has 1 amide bonds. The van der Waals surface area contributed by atoms with Crippen LogP contribution in [-0.4, -0.2) is 19.1 Å². The predicted molar refractivity (Wildman–Crippen MR) is 70.0 cm³/mol. The molecule has 0 saturated heterocycles. The highest BCUT2D eigenvalue weighted by molar-refractivity contribution is 5.92. The molecule has 1 rings (SSSR count). The number of nitrogens with one attached hydrogen (secondary N) is 1. The van der Waals surface area contributed by atoms with Gasteiger partial charge in [-0.15, -0.1) is 6.58 Å². The smallest absolute Gasteiger partial charge is 0.226 e. The summed E-state index contributed by atoms with van der Waals surface area (Å²) in [5, 5.41) is 11.6. The molecule has 0 aromatic heterocycles. The fourth-order valence-electron chi connectivity index (χ4n) is 1.34. The van der Waals surface area contributed by atoms with Gasteiger partial charge in [-0.1, -0.05) is 18.2 Å². The van der Waals surface area contributed by atoms with Crippen molar-refractivity contribution in [1.29, 1.82) is 5.26 Å². The van der Waals surface area contributed by atoms with E-state index in [0.717, 1.165) is 6.42 Å². The van der Waals surface area contributed by atoms with Gasteiger partial charge >= 0.3 is 0 Å². The molecule has 0 radical (unpaired) electrons. The van der Waals surface area contributed by atoms with Crippen molar-refractivity contribution in [3.63, 3.8) is 0 Å². The van der Waals surface area contributed by atoms with Gasteiger partial charge in [-0.25, -0.2) is 0 Å². The monoisotopic (exact) mass is 244 g/mol. The van der Waals surface area contributed by atoms with E-state index >= 15 is 0 Å². The number of anilines is 1. The van der Waals surface area contributed by atoms with Gasteiger partial charge in [0.2, 0.25) is 5.91 Å². The lowest BCUT2D eigenvalue weighted by molar-refractivity contribution is -0.117. The molecule has 0 fully saturated rings. The van der Waals surface area contributed by atoms with Crippen molar-refractivity contribution in [2.75, 3.05) is 18.5 Å². The Bertz CT molecular complexity index is 449. The van der Waals surface area contributed by atoms with Crippen LogP contribution in [0.1, 0.15) is 18.4 Å². The highest BCUT2D eigenvalue weighted by Crippen LogP contribution is 2.13. The molecule has 1 aromatic rings. The molecular formula is C14H16N2O2. The van der Waals surface area contributed by atoms with Crippen LogP contribution in [0.4, 0.5) is 5.69 Å². The van der Waals surface area contributed by atoms with E-state index in [1.165, 1.54) is 0 Å². The minimum Gasteiger partial charge on any atom is -0.381 e. The summed E-state index contributed by atoms with van der Waals surface area (Å²) < 4.78 is 5.24. The van der Waals surface area contributed by atoms with Crippen molar-refractivity contribution in [1.82, 2.24) is 0 Å². The maximum atomic E-state index is 11.6. The molecule has 0 aliphatic heterocycles. The molecule has 0 heterocycles. The quantitative estimate of drug-likeness (QED) is 0.592. The Morgan fingerprint density at radius 2 is 2.22 bits per heavy atom. The zero-order chi connectivity index (χ0) is 13.2. The van der Waals surface area contributed by atoms with E-state index < -0.39 is 0 Å². The van der Waals surface area contributed by atoms with Crippen LogP contribution < -0.4 is 5.32 Å². The summed E-state index contributed by atoms with van der Waals surface area (Å²) in [5.74, 6) is -0.156. The van der Waals surface area contributed by atoms with Crippen LogP contribution in [0.3, 0.4) is 0 Å². The zero-order valence-electron chi connectivity index (χ0n) is 10.2. The highest BCUT2D eigenvalue weighted by atomic mass is 16.5. The summed E-state index contributed by atoms with van der Waals surface area (Å²) >= 11 is 0. The molecule has 4 heteroatoms. The second-order valence-corrected chi connectivity index (χ2v) is 3.65. The number of nitriles is 1. The molecule has 0 unspecified atom stereocenters. The number of rotatable bonds is 7. The Morgan fingerprint density at radius 3 is 2.94 bits per heavy atom. The van der Waals surface area contributed by atoms with E-state index in [9.17, 15) is 4.79 Å². The first kappa shape index (κ1) is 13.9. The highest BCUT2D eigenvalue weighted by Gasteiger charge is 2.05. The fraction of sp³-hybridized carbons (Fsp3) is 0.286. The number of ether oxygens (including phenoxy) is 1. The molecule has 1 N–H and O–H groups in total. The van der Waals surface area contributed by atoms with E-state index in [4.69, 9.17) is 10.00 Å². The van der Waals surface area contributed by atoms with Crippen LogP contribution in [0.2, 0.25) is 0 Å². The first-order valence-corrected chi connectivity index (χ1v) is 5.75. The molecule has 18 heavy (non-hydrogen) atoms. The third-order valence-electron chi connectivity index (χ3n) is 2.26. The summed E-state index contributed by atoms with van der Waals surface area (Å²) in [6, 6.07) is 8.93. The number of carbonyl (C=O) groups is 1. The standard InChI is InChI=1S/C14H16N2O2/c1-2-3-9-18-10-8-14(17)16-13-7-5-4-6-12(13)11-15/h2,4-7H,1,3,8-10H2,(H,16,17). The molecule has 0 atom stereocenters. The minimum absolute atomic E-state index is 0.156. The Balaban J connectivity index is 2.36. The summed E-state index contributed by atoms with van der Waals surface area (Å²) in [6.07, 6.45) is 2.82. The molecule has 1 aromatic carbocycles. The van der Waals surface area contributed by atoms with Crippen molar-refractivity contribution < 1.29 is 9.53 Å². The van der Waals surface area contributed by atoms with Gasteiger partial charge in [0.1, 0.15) is 6.07 Å². The second kappa shape index (κ2) is 8.04. The number of benzene rings is 1. The Labute approximate surface area is 107 Å². The molecule has 0 spiro atoms. The number of hydrogen-bond acceptors (Lipinski definition) is 3. The molecule has 0 aliphatic rings. The number of para-hydroxylation sites is 1. The molecular weight excluding hydrogens is 228 g/mol. The average Bonchev–Trinajstić information content (AvgIpc) is 2.39. The van der Waals surface area contributed by atoms with Gasteiger partial charge in [0, 0.05) is 0 Å². The van der Waals surface area contributed by atoms with Gasteiger partial charge in [0.15, 0.2) is 0 Å². The number of amides is 1. The molecule has 4 nitrogen and oxygen atoms in total. The van der Waals surface area contributed by atoms with Gasteiger partial charge in [-0.3, -0.25) is 4.79 Å². The number of hydrogen-bond donors (Lipinski definition) is 1. The van der Waals surface area contributed by atoms with Crippen LogP contribution >= 0.6 is 0 Å². The molecule has 94 valence electrons. The number of carbonyl (C=O) groups excluding carboxylic acids is 1. The number of nitrogens with zero attached hydrogens (tertiary/aromatic N) is 1. The van der Waals surface area contributed by atoms with Crippen molar-refractivity contribution in [3.8, 4) is 6.07 Å². The van der Waals surface area contributed by atoms with Crippen LogP contribution in [-0.2, 0) is 9.53 Å². The van der Waals surface area contributed by atoms with E-state index in [-0.39, 0.29) is 12.3 Å². The Morgan fingerprint density at radius 1 is 1.44 bits per heavy atom. The fourth-order valence-corrected chi connectivity index (χ4v) is 1.34. The normalized spacial score (nSPS) is 9.50. The lowest BCUT2D eigenvalue weighted by Gasteiger charge is -2.06. The van der Waals surface area contributed by atoms with E-state index in [1.54, 1.807) is 30.3 Å². The maximum Gasteiger partial charge on any atom is 0.226 e. The van der Waals surface area contributed by atoms with Crippen LogP contribution in [0.5, 0.6) is 0 Å². The van der Waals surface area contributed by atoms with Gasteiger partial charge in [-0.2, -0.15) is 5.26 Å². The maximum absolute atomic E-state index is 11.6. The lowest BCUT2D eigenvalue weighted by Crippen LogP contribution is -2.15. The summed E-state index contributed by atoms with van der Waals surface area (Å²) in [7, 11) is 0. The van der Waals surface area contributed by atoms with E-state index in [1.807, 2.05) is 6.07 Å². The van der Waals surface area contributed by atoms with Gasteiger partial charge in [0.05, 0.1) is 30.9 Å². The van der Waals surface area contributed by atoms with Gasteiger partial charge < -0.3 is 10.1 Å². The Kier molecular flexibility index (Phi) is 6.23. The molecule has 0 bridgehead atoms. The first-order valence-electron chi connectivity index (χ1n) is 5.75. The van der Waals surface area contributed by atoms with Gasteiger partial charge in [0.25, 0.3) is 0 Å². The van der Waals surface area contributed by atoms with Crippen LogP contribution in [0, 0.1) is 11.3 Å². The first-order chi connectivity index (χ1) is 8.77. The second-order valence-electron chi connectivity index (χ2n) is 3.65. The third-order valence-corrected chi connectivity index (χ3v) is 2.26. The summed E-state index contributed by atoms with van der Waals surface area (Å²) in [5.41, 5.74) is 0.995. The third kappa shape index (κ3) is 4.81. The molecule has 0 aliphatic carbocycles. The topological polar surface area (TPSA) is 62.1 Å². The molecule has 0 saturated carbocycles. The van der Waals surface area contributed by atoms with Crippen LogP contribution in [0.15, 0.2) is 36.9 Å². The largest absolute Gasteiger partial charge is 0.381 e. The van der Waals surface area contributed by atoms with Crippen molar-refractivity contribution in [2.45, 2.75) is 12.8 Å². The zero-order valence-corrected chi connectivity index (χ0v) is 10.2. The van der Waals surface area contributed by atoms with E-state index in [0.29, 0.717) is 24.5 Å². The van der Waals surface area contributed by atoms with Crippen molar-refractivity contribution in [3.05, 3.63) is 42.5 Å². The van der Waals surface area contributed by atoms with E-state index in [2.05, 4.69) is 11.9 Å². The SMILES string of the molecule is C=CCCOCCC(=O)Nc1ccccc1C#N. The van der Waals surface area contributed by atoms with Gasteiger partial charge in [-0.05, 0) is 18.6 Å². The van der Waals surface area contributed by atoms with Crippen molar-refractivity contribution in [2.24, 2.45) is 0 Å². The van der Waals surface area contributed by atoms with Crippen LogP contribution in [0.25, 0.3) is 0 Å². The Hall–Kier alpha value is -2.12. The minimum atomic E-state index is -0.156. The summed E-state index contributed by atoms with van der Waals surface area (Å²) in [6.45, 7) is 4.52. The lowest BCUT2D eigenvalue weighted by atomic mass is 10.2. The average molecular weight is 244 g/mol. The summed E-state index contributed by atoms with van der Waals surface area (Å²) in [4.78, 5) is 11.6. The predicted octanol–water partition coefficient (Wildman–Crippen LogP) is 2.48.